The van der Waals surface area contributed by atoms with E-state index in [1.54, 1.807) is 0 Å². The Morgan fingerprint density at radius 3 is 2.73 bits per heavy atom. The van der Waals surface area contributed by atoms with E-state index >= 15 is 0 Å². The molecule has 0 aliphatic carbocycles. The molecule has 0 spiro atoms. The second-order valence-corrected chi connectivity index (χ2v) is 3.68. The lowest BCUT2D eigenvalue weighted by Crippen LogP contribution is -2.44. The second kappa shape index (κ2) is 4.41. The van der Waals surface area contributed by atoms with Crippen LogP contribution < -0.4 is 10.6 Å². The number of halogens is 1. The third-order valence-corrected chi connectivity index (χ3v) is 2.48. The Kier molecular flexibility index (Phi) is 1.07. The fraction of sp³-hybridized carbons (Fsp3) is 0.455. The zero-order chi connectivity index (χ0) is 20.5. The molecule has 2 rings (SSSR count). The molecule has 1 heterocycles. The summed E-state index contributed by atoms with van der Waals surface area (Å²) in [7, 11) is 0. The number of hydrogen-bond donors (Lipinski definition) is 1. The fourth-order valence-corrected chi connectivity index (χ4v) is 1.41. The monoisotopic (exact) mass is 280 g/mol. The third kappa shape index (κ3) is 2.44. The summed E-state index contributed by atoms with van der Waals surface area (Å²) in [5, 5.41) is 0. The molecule has 0 amide bonds. The molecule has 0 radical (unpaired) electrons. The normalized spacial score (nSPS) is 43.3. The van der Waals surface area contributed by atoms with Crippen LogP contribution in [0.1, 0.15) is 15.1 Å². The Bertz CT molecular complexity index is 690. The third-order valence-electron chi connectivity index (χ3n) is 1.79. The van der Waals surface area contributed by atoms with Crippen LogP contribution in [0.3, 0.4) is 0 Å². The molecule has 4 heteroatoms. The van der Waals surface area contributed by atoms with Crippen LogP contribution in [0.4, 0.5) is 11.4 Å². The highest BCUT2D eigenvalue weighted by molar-refractivity contribution is 9.10. The molecule has 0 saturated carbocycles. The van der Waals surface area contributed by atoms with Gasteiger partial charge in [0.2, 0.25) is 0 Å². The van der Waals surface area contributed by atoms with E-state index in [-0.39, 0.29) is 25.6 Å². The zero-order valence-electron chi connectivity index (χ0n) is 18.6. The number of nitrogen functional groups attached to an aromatic ring is 1. The van der Waals surface area contributed by atoms with Gasteiger partial charge in [0, 0.05) is 51.4 Å². The summed E-state index contributed by atoms with van der Waals surface area (Å²) in [6.45, 7) is -16.7. The van der Waals surface area contributed by atoms with Gasteiger partial charge in [-0.1, -0.05) is 0 Å². The summed E-state index contributed by atoms with van der Waals surface area (Å²) in [4.78, 5) is -0.0950. The quantitative estimate of drug-likeness (QED) is 0.796. The number of piperazine rings is 1. The Morgan fingerprint density at radius 2 is 2.13 bits per heavy atom. The van der Waals surface area contributed by atoms with Gasteiger partial charge in [-0.05, 0) is 41.1 Å². The van der Waals surface area contributed by atoms with Gasteiger partial charge in [0.05, 0.1) is 5.48 Å². The number of likely N-dealkylation sites (N-methyl/N-ethyl adjacent to an activating group) is 1. The molecule has 1 saturated heterocycles. The van der Waals surface area contributed by atoms with Crippen LogP contribution in [0.2, 0.25) is 0 Å². The Balaban J connectivity index is 2.80. The molecule has 1 aliphatic rings. The van der Waals surface area contributed by atoms with E-state index in [1.807, 2.05) is 0 Å². The molecule has 0 unspecified atom stereocenters. The van der Waals surface area contributed by atoms with Gasteiger partial charge >= 0.3 is 0 Å². The second-order valence-electron chi connectivity index (χ2n) is 2.82. The largest absolute Gasteiger partial charge is 0.398 e. The van der Waals surface area contributed by atoms with Gasteiger partial charge in [0.1, 0.15) is 0 Å². The molecule has 1 aromatic rings. The standard InChI is InChI=1S/C11H16BrN3/c1-14-4-6-15(7-5-14)9-2-3-11(13)10(12)8-9/h2-3,8H,4-7,13H2,1H3/i1D3,4D2,5D2,6D2,7D2. The molecule has 0 atom stereocenters. The van der Waals surface area contributed by atoms with Gasteiger partial charge in [-0.15, -0.1) is 0 Å². The lowest BCUT2D eigenvalue weighted by molar-refractivity contribution is 0.313. The molecule has 82 valence electrons. The van der Waals surface area contributed by atoms with Crippen molar-refractivity contribution in [2.24, 2.45) is 0 Å². The predicted octanol–water partition coefficient (Wildman–Crippen LogP) is 1.78. The van der Waals surface area contributed by atoms with E-state index in [2.05, 4.69) is 15.9 Å². The number of benzene rings is 1. The van der Waals surface area contributed by atoms with E-state index in [9.17, 15) is 0 Å². The number of rotatable bonds is 1. The van der Waals surface area contributed by atoms with E-state index in [4.69, 9.17) is 20.8 Å². The zero-order valence-corrected chi connectivity index (χ0v) is 9.17. The molecular formula is C11H16BrN3. The maximum atomic E-state index is 8.16. The average Bonchev–Trinajstić information content (AvgIpc) is 2.38. The van der Waals surface area contributed by atoms with Crippen molar-refractivity contribution in [1.29, 1.82) is 0 Å². The summed E-state index contributed by atoms with van der Waals surface area (Å²) >= 11 is 3.10. The minimum Gasteiger partial charge on any atom is -0.398 e. The Hall–Kier alpha value is -0.740. The Labute approximate surface area is 114 Å². The van der Waals surface area contributed by atoms with Crippen LogP contribution in [-0.4, -0.2) is 37.9 Å². The van der Waals surface area contributed by atoms with Gasteiger partial charge < -0.3 is 15.5 Å². The molecule has 1 fully saturated rings. The van der Waals surface area contributed by atoms with Crippen molar-refractivity contribution in [1.82, 2.24) is 4.90 Å². The highest BCUT2D eigenvalue weighted by Gasteiger charge is 2.14. The van der Waals surface area contributed by atoms with Gasteiger partial charge in [-0.25, -0.2) is 0 Å². The summed E-state index contributed by atoms with van der Waals surface area (Å²) in [5.74, 6) is 0. The summed E-state index contributed by atoms with van der Waals surface area (Å²) < 4.78 is 87.3. The number of nitrogens with zero attached hydrogens (tertiary/aromatic N) is 2. The minimum atomic E-state index is -3.43. The van der Waals surface area contributed by atoms with Crippen LogP contribution >= 0.6 is 15.9 Å². The average molecular weight is 281 g/mol. The Morgan fingerprint density at radius 1 is 1.40 bits per heavy atom. The number of nitrogens with two attached hydrogens (primary N) is 1. The van der Waals surface area contributed by atoms with Gasteiger partial charge in [-0.2, -0.15) is 0 Å². The molecule has 1 aromatic carbocycles. The first-order valence-electron chi connectivity index (χ1n) is 9.56. The van der Waals surface area contributed by atoms with Crippen molar-refractivity contribution in [3.05, 3.63) is 22.7 Å². The SMILES string of the molecule is [2H]C([2H])([2H])N1C([2H])([2H])C([2H])([2H])N(c2ccc(N)c(Br)c2)C([2H])([2H])C1([2H])[2H]. The predicted molar refractivity (Wildman–Crippen MR) is 68.3 cm³/mol. The lowest BCUT2D eigenvalue weighted by Gasteiger charge is -2.34. The first-order chi connectivity index (χ1) is 11.4. The molecule has 3 nitrogen and oxygen atoms in total. The summed E-state index contributed by atoms with van der Waals surface area (Å²) in [5.41, 5.74) is 5.70. The number of hydrogen-bond acceptors (Lipinski definition) is 3. The molecule has 1 aliphatic heterocycles. The molecular weight excluding hydrogens is 254 g/mol. The van der Waals surface area contributed by atoms with E-state index in [0.29, 0.717) is 0 Å². The number of anilines is 2. The minimum absolute atomic E-state index is 0.209. The summed E-state index contributed by atoms with van der Waals surface area (Å²) in [6.07, 6.45) is 0. The van der Waals surface area contributed by atoms with Crippen molar-refractivity contribution in [2.45, 2.75) is 0 Å². The van der Waals surface area contributed by atoms with E-state index in [1.165, 1.54) is 18.2 Å². The topological polar surface area (TPSA) is 32.5 Å². The molecule has 2 N–H and O–H groups in total. The fourth-order valence-electron chi connectivity index (χ4n) is 1.04. The van der Waals surface area contributed by atoms with Gasteiger partial charge in [-0.3, -0.25) is 0 Å². The maximum absolute atomic E-state index is 8.16. The van der Waals surface area contributed by atoms with E-state index < -0.39 is 33.0 Å². The maximum Gasteiger partial charge on any atom is 0.0506 e. The highest BCUT2D eigenvalue weighted by Crippen LogP contribution is 2.26. The van der Waals surface area contributed by atoms with Gasteiger partial charge in [0.15, 0.2) is 0 Å². The molecule has 0 bridgehead atoms. The van der Waals surface area contributed by atoms with Crippen LogP contribution in [0.15, 0.2) is 22.7 Å². The van der Waals surface area contributed by atoms with Crippen molar-refractivity contribution >= 4 is 27.3 Å². The van der Waals surface area contributed by atoms with Crippen molar-refractivity contribution in [2.75, 3.05) is 43.6 Å². The van der Waals surface area contributed by atoms with Crippen molar-refractivity contribution < 1.29 is 15.1 Å². The van der Waals surface area contributed by atoms with Gasteiger partial charge in [0.25, 0.3) is 0 Å². The van der Waals surface area contributed by atoms with E-state index in [0.717, 1.165) is 0 Å². The van der Waals surface area contributed by atoms with Crippen LogP contribution in [-0.2, 0) is 0 Å². The van der Waals surface area contributed by atoms with Crippen LogP contribution in [0, 0.1) is 0 Å². The molecule has 0 aromatic heterocycles. The molecule has 15 heavy (non-hydrogen) atoms. The highest BCUT2D eigenvalue weighted by atomic mass is 79.9. The lowest BCUT2D eigenvalue weighted by atomic mass is 10.2. The first kappa shape index (κ1) is 3.64. The van der Waals surface area contributed by atoms with Crippen LogP contribution in [0.5, 0.6) is 0 Å². The smallest absolute Gasteiger partial charge is 0.0506 e. The first-order valence-corrected chi connectivity index (χ1v) is 4.85. The van der Waals surface area contributed by atoms with Crippen molar-refractivity contribution in [3.8, 4) is 0 Å². The van der Waals surface area contributed by atoms with Crippen molar-refractivity contribution in [3.63, 3.8) is 0 Å². The van der Waals surface area contributed by atoms with Crippen LogP contribution in [0.25, 0.3) is 0 Å². The summed E-state index contributed by atoms with van der Waals surface area (Å²) in [6, 6.07) is 3.72.